The van der Waals surface area contributed by atoms with E-state index in [1.165, 1.54) is 15.4 Å². The van der Waals surface area contributed by atoms with E-state index in [1.807, 2.05) is 18.3 Å². The van der Waals surface area contributed by atoms with Gasteiger partial charge in [0.2, 0.25) is 0 Å². The Labute approximate surface area is 113 Å². The Bertz CT molecular complexity index is 513. The van der Waals surface area contributed by atoms with Crippen molar-refractivity contribution in [2.24, 2.45) is 0 Å². The molecule has 2 aromatic heterocycles. The van der Waals surface area contributed by atoms with E-state index in [1.54, 1.807) is 0 Å². The Morgan fingerprint density at radius 3 is 2.78 bits per heavy atom. The average Bonchev–Trinajstić information content (AvgIpc) is 2.92. The van der Waals surface area contributed by atoms with E-state index in [9.17, 15) is 0 Å². The second-order valence-electron chi connectivity index (χ2n) is 4.64. The van der Waals surface area contributed by atoms with Crippen LogP contribution < -0.4 is 5.32 Å². The highest BCUT2D eigenvalue weighted by Gasteiger charge is 2.09. The van der Waals surface area contributed by atoms with E-state index in [4.69, 9.17) is 0 Å². The molecule has 0 saturated heterocycles. The molecule has 0 aliphatic carbocycles. The number of nitrogens with zero attached hydrogens (tertiary/aromatic N) is 2. The first-order chi connectivity index (χ1) is 8.60. The Morgan fingerprint density at radius 1 is 1.39 bits per heavy atom. The van der Waals surface area contributed by atoms with Gasteiger partial charge in [0.25, 0.3) is 0 Å². The lowest BCUT2D eigenvalue weighted by Gasteiger charge is -2.12. The zero-order chi connectivity index (χ0) is 13.1. The van der Waals surface area contributed by atoms with Crippen molar-refractivity contribution in [2.75, 3.05) is 0 Å². The van der Waals surface area contributed by atoms with Crippen molar-refractivity contribution in [3.05, 3.63) is 39.3 Å². The van der Waals surface area contributed by atoms with Gasteiger partial charge in [-0.25, -0.2) is 0 Å². The Kier molecular flexibility index (Phi) is 4.19. The molecule has 0 aliphatic rings. The maximum atomic E-state index is 4.46. The van der Waals surface area contributed by atoms with Gasteiger partial charge in [0.15, 0.2) is 0 Å². The second kappa shape index (κ2) is 5.67. The predicted molar refractivity (Wildman–Crippen MR) is 76.9 cm³/mol. The molecule has 4 heteroatoms. The van der Waals surface area contributed by atoms with Crippen molar-refractivity contribution in [1.29, 1.82) is 0 Å². The van der Waals surface area contributed by atoms with E-state index in [0.29, 0.717) is 6.04 Å². The highest BCUT2D eigenvalue weighted by atomic mass is 32.1. The van der Waals surface area contributed by atoms with Gasteiger partial charge < -0.3 is 5.32 Å². The molecule has 0 aliphatic heterocycles. The van der Waals surface area contributed by atoms with Gasteiger partial charge >= 0.3 is 0 Å². The third-order valence-electron chi connectivity index (χ3n) is 3.06. The molecule has 3 nitrogen and oxygen atoms in total. The van der Waals surface area contributed by atoms with E-state index >= 15 is 0 Å². The third kappa shape index (κ3) is 3.00. The molecule has 2 heterocycles. The summed E-state index contributed by atoms with van der Waals surface area (Å²) in [4.78, 5) is 2.76. The Balaban J connectivity index is 1.98. The molecule has 0 saturated carbocycles. The van der Waals surface area contributed by atoms with Crippen LogP contribution in [0, 0.1) is 13.8 Å². The van der Waals surface area contributed by atoms with Gasteiger partial charge in [-0.15, -0.1) is 11.3 Å². The number of hydrogen-bond acceptors (Lipinski definition) is 3. The zero-order valence-corrected chi connectivity index (χ0v) is 12.3. The molecule has 0 radical (unpaired) electrons. The molecule has 2 aromatic rings. The SMILES string of the molecule is CCn1nc(C)cc1CNC(C)c1ccc(C)s1. The molecular weight excluding hydrogens is 242 g/mol. The predicted octanol–water partition coefficient (Wildman–Crippen LogP) is 3.43. The highest BCUT2D eigenvalue weighted by Crippen LogP contribution is 2.22. The average molecular weight is 263 g/mol. The van der Waals surface area contributed by atoms with Crippen molar-refractivity contribution in [1.82, 2.24) is 15.1 Å². The summed E-state index contributed by atoms with van der Waals surface area (Å²) in [6, 6.07) is 6.94. The van der Waals surface area contributed by atoms with Crippen LogP contribution in [0.4, 0.5) is 0 Å². The van der Waals surface area contributed by atoms with Crippen LogP contribution in [0.5, 0.6) is 0 Å². The number of aryl methyl sites for hydroxylation is 3. The van der Waals surface area contributed by atoms with Crippen molar-refractivity contribution in [3.8, 4) is 0 Å². The second-order valence-corrected chi connectivity index (χ2v) is 5.96. The zero-order valence-electron chi connectivity index (χ0n) is 11.5. The smallest absolute Gasteiger partial charge is 0.0597 e. The molecule has 1 unspecified atom stereocenters. The maximum absolute atomic E-state index is 4.46. The number of hydrogen-bond donors (Lipinski definition) is 1. The van der Waals surface area contributed by atoms with Crippen LogP contribution in [0.2, 0.25) is 0 Å². The van der Waals surface area contributed by atoms with Gasteiger partial charge in [0.05, 0.1) is 11.4 Å². The van der Waals surface area contributed by atoms with Gasteiger partial charge in [0, 0.05) is 28.9 Å². The summed E-state index contributed by atoms with van der Waals surface area (Å²) in [5.41, 5.74) is 2.35. The summed E-state index contributed by atoms with van der Waals surface area (Å²) in [7, 11) is 0. The Hall–Kier alpha value is -1.13. The molecule has 2 rings (SSSR count). The van der Waals surface area contributed by atoms with Crippen LogP contribution in [0.25, 0.3) is 0 Å². The monoisotopic (exact) mass is 263 g/mol. The fraction of sp³-hybridized carbons (Fsp3) is 0.500. The number of aromatic nitrogens is 2. The largest absolute Gasteiger partial charge is 0.304 e. The normalized spacial score (nSPS) is 12.9. The topological polar surface area (TPSA) is 29.9 Å². The summed E-state index contributed by atoms with van der Waals surface area (Å²) in [5, 5.41) is 8.03. The Morgan fingerprint density at radius 2 is 2.17 bits per heavy atom. The lowest BCUT2D eigenvalue weighted by atomic mass is 10.2. The maximum Gasteiger partial charge on any atom is 0.0597 e. The van der Waals surface area contributed by atoms with Gasteiger partial charge in [-0.1, -0.05) is 0 Å². The van der Waals surface area contributed by atoms with Crippen LogP contribution in [0.3, 0.4) is 0 Å². The summed E-state index contributed by atoms with van der Waals surface area (Å²) >= 11 is 1.86. The molecule has 0 spiro atoms. The molecule has 98 valence electrons. The number of thiophene rings is 1. The first-order valence-corrected chi connectivity index (χ1v) is 7.25. The molecular formula is C14H21N3S. The summed E-state index contributed by atoms with van der Waals surface area (Å²) < 4.78 is 2.06. The van der Waals surface area contributed by atoms with Gasteiger partial charge in [-0.2, -0.15) is 5.10 Å². The quantitative estimate of drug-likeness (QED) is 0.895. The number of nitrogens with one attached hydrogen (secondary N) is 1. The van der Waals surface area contributed by atoms with Gasteiger partial charge in [0.1, 0.15) is 0 Å². The minimum atomic E-state index is 0.393. The fourth-order valence-electron chi connectivity index (χ4n) is 2.06. The van der Waals surface area contributed by atoms with Gasteiger partial charge in [-0.05, 0) is 45.9 Å². The first kappa shape index (κ1) is 13.3. The van der Waals surface area contributed by atoms with Crippen LogP contribution in [0.15, 0.2) is 18.2 Å². The van der Waals surface area contributed by atoms with E-state index < -0.39 is 0 Å². The standard InChI is InChI=1S/C14H21N3S/c1-5-17-13(8-10(2)16-17)9-15-12(4)14-7-6-11(3)18-14/h6-8,12,15H,5,9H2,1-4H3. The number of rotatable bonds is 5. The first-order valence-electron chi connectivity index (χ1n) is 6.43. The lowest BCUT2D eigenvalue weighted by Crippen LogP contribution is -2.19. The van der Waals surface area contributed by atoms with Crippen LogP contribution in [-0.4, -0.2) is 9.78 Å². The molecule has 1 N–H and O–H groups in total. The van der Waals surface area contributed by atoms with Crippen molar-refractivity contribution < 1.29 is 0 Å². The molecule has 0 aromatic carbocycles. The molecule has 18 heavy (non-hydrogen) atoms. The highest BCUT2D eigenvalue weighted by molar-refractivity contribution is 7.12. The minimum Gasteiger partial charge on any atom is -0.304 e. The minimum absolute atomic E-state index is 0.393. The molecule has 0 bridgehead atoms. The van der Waals surface area contributed by atoms with Gasteiger partial charge in [-0.3, -0.25) is 4.68 Å². The van der Waals surface area contributed by atoms with Crippen LogP contribution in [0.1, 0.15) is 41.0 Å². The summed E-state index contributed by atoms with van der Waals surface area (Å²) in [5.74, 6) is 0. The van der Waals surface area contributed by atoms with Crippen LogP contribution in [-0.2, 0) is 13.1 Å². The lowest BCUT2D eigenvalue weighted by molar-refractivity contribution is 0.535. The van der Waals surface area contributed by atoms with Crippen molar-refractivity contribution in [2.45, 2.75) is 46.8 Å². The van der Waals surface area contributed by atoms with Crippen LogP contribution >= 0.6 is 11.3 Å². The summed E-state index contributed by atoms with van der Waals surface area (Å²) in [6.07, 6.45) is 0. The van der Waals surface area contributed by atoms with E-state index in [-0.39, 0.29) is 0 Å². The summed E-state index contributed by atoms with van der Waals surface area (Å²) in [6.45, 7) is 10.3. The molecule has 0 fully saturated rings. The third-order valence-corrected chi connectivity index (χ3v) is 4.25. The molecule has 1 atom stereocenters. The molecule has 0 amide bonds. The van der Waals surface area contributed by atoms with Crippen molar-refractivity contribution in [3.63, 3.8) is 0 Å². The van der Waals surface area contributed by atoms with Crippen molar-refractivity contribution >= 4 is 11.3 Å². The van der Waals surface area contributed by atoms with E-state index in [2.05, 4.69) is 54.1 Å². The van der Waals surface area contributed by atoms with E-state index in [0.717, 1.165) is 18.8 Å². The fourth-order valence-corrected chi connectivity index (χ4v) is 2.96.